The number of nitrogens with one attached hydrogen (secondary N) is 1. The van der Waals surface area contributed by atoms with E-state index in [1.165, 1.54) is 17.6 Å². The molecule has 0 fully saturated rings. The van der Waals surface area contributed by atoms with Crippen molar-refractivity contribution in [1.82, 2.24) is 4.90 Å². The third-order valence-corrected chi connectivity index (χ3v) is 5.02. The average molecular weight is 405 g/mol. The minimum atomic E-state index is -0.363. The molecule has 0 saturated carbocycles. The van der Waals surface area contributed by atoms with Crippen LogP contribution in [0.25, 0.3) is 0 Å². The Kier molecular flexibility index (Phi) is 5.83. The van der Waals surface area contributed by atoms with Gasteiger partial charge < -0.3 is 19.4 Å². The van der Waals surface area contributed by atoms with Gasteiger partial charge in [-0.05, 0) is 42.5 Å². The van der Waals surface area contributed by atoms with Crippen molar-refractivity contribution in [2.24, 2.45) is 0 Å². The molecule has 0 bridgehead atoms. The highest BCUT2D eigenvalue weighted by molar-refractivity contribution is 7.18. The molecule has 0 unspecified atom stereocenters. The van der Waals surface area contributed by atoms with Crippen LogP contribution in [-0.4, -0.2) is 30.9 Å². The zero-order valence-corrected chi connectivity index (χ0v) is 16.3. The highest BCUT2D eigenvalue weighted by Gasteiger charge is 2.18. The van der Waals surface area contributed by atoms with Crippen molar-refractivity contribution in [3.05, 3.63) is 70.0 Å². The van der Waals surface area contributed by atoms with Crippen LogP contribution < -0.4 is 10.1 Å². The SMILES string of the molecule is COc1ccc(Cl)cc1CN(C)C(=O)c1ccc(NC(=O)c2ccco2)s1. The van der Waals surface area contributed by atoms with Crippen LogP contribution in [-0.2, 0) is 6.54 Å². The highest BCUT2D eigenvalue weighted by atomic mass is 35.5. The number of methoxy groups -OCH3 is 1. The monoisotopic (exact) mass is 404 g/mol. The fourth-order valence-electron chi connectivity index (χ4n) is 2.49. The van der Waals surface area contributed by atoms with E-state index in [0.717, 1.165) is 5.56 Å². The lowest BCUT2D eigenvalue weighted by atomic mass is 10.2. The molecular weight excluding hydrogens is 388 g/mol. The second kappa shape index (κ2) is 8.28. The standard InChI is InChI=1S/C19H17ClN2O4S/c1-22(11-12-10-13(20)5-6-14(12)25-2)19(24)16-7-8-17(27-16)21-18(23)15-4-3-9-26-15/h3-10H,11H2,1-2H3,(H,21,23). The van der Waals surface area contributed by atoms with E-state index in [9.17, 15) is 9.59 Å². The topological polar surface area (TPSA) is 71.8 Å². The molecule has 6 nitrogen and oxygen atoms in total. The van der Waals surface area contributed by atoms with E-state index in [1.54, 1.807) is 61.5 Å². The molecule has 1 aromatic carbocycles. The molecule has 2 heterocycles. The number of carbonyl (C=O) groups excluding carboxylic acids is 2. The maximum absolute atomic E-state index is 12.7. The average Bonchev–Trinajstić information content (AvgIpc) is 3.33. The first kappa shape index (κ1) is 19.0. The minimum Gasteiger partial charge on any atom is -0.496 e. The molecule has 2 aromatic heterocycles. The van der Waals surface area contributed by atoms with Crippen molar-refractivity contribution < 1.29 is 18.7 Å². The number of hydrogen-bond acceptors (Lipinski definition) is 5. The smallest absolute Gasteiger partial charge is 0.291 e. The number of furan rings is 1. The third-order valence-electron chi connectivity index (χ3n) is 3.80. The molecular formula is C19H17ClN2O4S. The van der Waals surface area contributed by atoms with Crippen LogP contribution in [0.5, 0.6) is 5.75 Å². The van der Waals surface area contributed by atoms with Crippen LogP contribution in [0.15, 0.2) is 53.1 Å². The molecule has 0 radical (unpaired) electrons. The van der Waals surface area contributed by atoms with E-state index >= 15 is 0 Å². The lowest BCUT2D eigenvalue weighted by Gasteiger charge is -2.18. The summed E-state index contributed by atoms with van der Waals surface area (Å²) in [5.41, 5.74) is 0.809. The summed E-state index contributed by atoms with van der Waals surface area (Å²) in [7, 11) is 3.27. The lowest BCUT2D eigenvalue weighted by Crippen LogP contribution is -2.25. The van der Waals surface area contributed by atoms with Gasteiger partial charge in [-0.2, -0.15) is 0 Å². The van der Waals surface area contributed by atoms with Gasteiger partial charge in [-0.15, -0.1) is 11.3 Å². The van der Waals surface area contributed by atoms with Gasteiger partial charge in [0, 0.05) is 24.2 Å². The van der Waals surface area contributed by atoms with Crippen molar-refractivity contribution in [3.8, 4) is 5.75 Å². The van der Waals surface area contributed by atoms with Crippen LogP contribution in [0.2, 0.25) is 5.02 Å². The van der Waals surface area contributed by atoms with Crippen LogP contribution in [0, 0.1) is 0 Å². The number of nitrogens with zero attached hydrogens (tertiary/aromatic N) is 1. The predicted octanol–water partition coefficient (Wildman–Crippen LogP) is 4.53. The molecule has 2 amide bonds. The molecule has 0 aliphatic rings. The van der Waals surface area contributed by atoms with Gasteiger partial charge in [0.05, 0.1) is 23.3 Å². The lowest BCUT2D eigenvalue weighted by molar-refractivity contribution is 0.0788. The summed E-state index contributed by atoms with van der Waals surface area (Å²) < 4.78 is 10.4. The summed E-state index contributed by atoms with van der Waals surface area (Å²) in [6.45, 7) is 0.342. The molecule has 27 heavy (non-hydrogen) atoms. The first-order chi connectivity index (χ1) is 13.0. The van der Waals surface area contributed by atoms with Crippen molar-refractivity contribution in [1.29, 1.82) is 0 Å². The third kappa shape index (κ3) is 4.50. The molecule has 0 saturated heterocycles. The summed E-state index contributed by atoms with van der Waals surface area (Å²) in [5, 5.41) is 3.85. The molecule has 1 N–H and O–H groups in total. The van der Waals surface area contributed by atoms with Crippen LogP contribution >= 0.6 is 22.9 Å². The second-order valence-electron chi connectivity index (χ2n) is 5.71. The summed E-state index contributed by atoms with van der Waals surface area (Å²) in [5.74, 6) is 0.344. The van der Waals surface area contributed by atoms with Crippen LogP contribution in [0.1, 0.15) is 25.8 Å². The van der Waals surface area contributed by atoms with Crippen LogP contribution in [0.3, 0.4) is 0 Å². The van der Waals surface area contributed by atoms with E-state index in [0.29, 0.717) is 27.2 Å². The molecule has 0 aliphatic heterocycles. The Morgan fingerprint density at radius 1 is 1.26 bits per heavy atom. The van der Waals surface area contributed by atoms with E-state index < -0.39 is 0 Å². The van der Waals surface area contributed by atoms with Gasteiger partial charge in [0.2, 0.25) is 0 Å². The number of rotatable bonds is 6. The molecule has 3 rings (SSSR count). The fraction of sp³-hybridized carbons (Fsp3) is 0.158. The Labute approximate surface area is 165 Å². The van der Waals surface area contributed by atoms with Gasteiger partial charge >= 0.3 is 0 Å². The van der Waals surface area contributed by atoms with Crippen molar-refractivity contribution in [2.75, 3.05) is 19.5 Å². The molecule has 0 spiro atoms. The van der Waals surface area contributed by atoms with Gasteiger partial charge in [-0.25, -0.2) is 0 Å². The Hall–Kier alpha value is -2.77. The Balaban J connectivity index is 1.68. The maximum atomic E-state index is 12.7. The molecule has 140 valence electrons. The zero-order valence-electron chi connectivity index (χ0n) is 14.7. The van der Waals surface area contributed by atoms with E-state index in [2.05, 4.69) is 5.32 Å². The number of hydrogen-bond donors (Lipinski definition) is 1. The van der Waals surface area contributed by atoms with Gasteiger partial charge in [0.25, 0.3) is 11.8 Å². The molecule has 3 aromatic rings. The molecule has 0 atom stereocenters. The minimum absolute atomic E-state index is 0.166. The fourth-order valence-corrected chi connectivity index (χ4v) is 3.58. The van der Waals surface area contributed by atoms with Crippen molar-refractivity contribution in [2.45, 2.75) is 6.54 Å². The maximum Gasteiger partial charge on any atom is 0.291 e. The summed E-state index contributed by atoms with van der Waals surface area (Å²) in [6, 6.07) is 11.8. The molecule has 0 aliphatic carbocycles. The first-order valence-corrected chi connectivity index (χ1v) is 9.20. The summed E-state index contributed by atoms with van der Waals surface area (Å²) in [6.07, 6.45) is 1.43. The Morgan fingerprint density at radius 3 is 2.78 bits per heavy atom. The number of carbonyl (C=O) groups is 2. The van der Waals surface area contributed by atoms with E-state index in [1.807, 2.05) is 0 Å². The summed E-state index contributed by atoms with van der Waals surface area (Å²) >= 11 is 7.24. The first-order valence-electron chi connectivity index (χ1n) is 8.00. The number of amides is 2. The van der Waals surface area contributed by atoms with Gasteiger partial charge in [0.15, 0.2) is 5.76 Å². The summed E-state index contributed by atoms with van der Waals surface area (Å²) in [4.78, 5) is 26.8. The normalized spacial score (nSPS) is 10.5. The number of thiophene rings is 1. The quantitative estimate of drug-likeness (QED) is 0.655. The van der Waals surface area contributed by atoms with Gasteiger partial charge in [0.1, 0.15) is 5.75 Å². The van der Waals surface area contributed by atoms with Crippen molar-refractivity contribution >= 4 is 39.8 Å². The molecule has 8 heteroatoms. The number of ether oxygens (including phenoxy) is 1. The second-order valence-corrected chi connectivity index (χ2v) is 7.23. The van der Waals surface area contributed by atoms with Crippen LogP contribution in [0.4, 0.5) is 5.00 Å². The highest BCUT2D eigenvalue weighted by Crippen LogP contribution is 2.27. The largest absolute Gasteiger partial charge is 0.496 e. The number of anilines is 1. The Bertz CT molecular complexity index is 953. The number of benzene rings is 1. The van der Waals surface area contributed by atoms with Gasteiger partial charge in [-0.1, -0.05) is 11.6 Å². The van der Waals surface area contributed by atoms with E-state index in [-0.39, 0.29) is 17.6 Å². The zero-order chi connectivity index (χ0) is 19.4. The number of halogens is 1. The van der Waals surface area contributed by atoms with Crippen molar-refractivity contribution in [3.63, 3.8) is 0 Å². The van der Waals surface area contributed by atoms with E-state index in [4.69, 9.17) is 20.8 Å². The van der Waals surface area contributed by atoms with Gasteiger partial charge in [-0.3, -0.25) is 9.59 Å². The predicted molar refractivity (Wildman–Crippen MR) is 105 cm³/mol. The Morgan fingerprint density at radius 2 is 2.07 bits per heavy atom.